The molecule has 0 aliphatic rings. The molecule has 3 aromatic rings. The van der Waals surface area contributed by atoms with E-state index in [0.29, 0.717) is 11.4 Å². The molecule has 2 aromatic heterocycles. The fourth-order valence-electron chi connectivity index (χ4n) is 5.55. The first-order chi connectivity index (χ1) is 23.8. The van der Waals surface area contributed by atoms with E-state index < -0.39 is 0 Å². The first kappa shape index (κ1) is 47.8. The number of benzene rings is 1. The van der Waals surface area contributed by atoms with Gasteiger partial charge in [0.15, 0.2) is 5.16 Å². The second-order valence-electron chi connectivity index (χ2n) is 19.6. The van der Waals surface area contributed by atoms with Crippen molar-refractivity contribution in [2.45, 2.75) is 162 Å². The zero-order chi connectivity index (χ0) is 41.5. The highest BCUT2D eigenvalue weighted by atomic mass is 32.2. The largest absolute Gasteiger partial charge is 0.481 e. The van der Waals surface area contributed by atoms with Crippen molar-refractivity contribution in [2.24, 2.45) is 5.73 Å². The van der Waals surface area contributed by atoms with Gasteiger partial charge in [0.1, 0.15) is 6.61 Å². The van der Waals surface area contributed by atoms with Crippen molar-refractivity contribution in [1.82, 2.24) is 19.9 Å². The van der Waals surface area contributed by atoms with Crippen molar-refractivity contribution in [3.8, 4) is 11.9 Å². The summed E-state index contributed by atoms with van der Waals surface area (Å²) >= 11 is 1.60. The highest BCUT2D eigenvalue weighted by molar-refractivity contribution is 7.98. The summed E-state index contributed by atoms with van der Waals surface area (Å²) in [6.45, 7) is 39.0. The fraction of sp³-hybridized carbons (Fsp3) is 0.651. The number of ether oxygens (including phenoxy) is 2. The van der Waals surface area contributed by atoms with Crippen LogP contribution in [0.4, 0.5) is 0 Å². The SMILES string of the molecule is CC(C)(C)c1ccc(C(N)=O)cc1C(C)(C)C.COc1nc(OCCO)nc(C(C)(C)C)c1C(C)(C)C.CSc1ncc(C(C)(C)C)c(C(C)(C)C)n1. The molecule has 298 valence electrons. The molecule has 0 saturated carbocycles. The van der Waals surface area contributed by atoms with Gasteiger partial charge >= 0.3 is 6.01 Å². The second kappa shape index (κ2) is 17.9. The number of nitrogens with two attached hydrogens (primary N) is 1. The summed E-state index contributed by atoms with van der Waals surface area (Å²) in [7, 11) is 1.60. The van der Waals surface area contributed by atoms with Crippen LogP contribution in [0.2, 0.25) is 0 Å². The Hall–Kier alpha value is -3.24. The van der Waals surface area contributed by atoms with Gasteiger partial charge in [-0.2, -0.15) is 9.97 Å². The van der Waals surface area contributed by atoms with E-state index in [2.05, 4.69) is 145 Å². The van der Waals surface area contributed by atoms with Crippen molar-refractivity contribution in [3.05, 3.63) is 63.6 Å². The Bertz CT molecular complexity index is 1660. The predicted octanol–water partition coefficient (Wildman–Crippen LogP) is 9.63. The van der Waals surface area contributed by atoms with Crippen molar-refractivity contribution in [3.63, 3.8) is 0 Å². The average molecular weight is 754 g/mol. The van der Waals surface area contributed by atoms with E-state index in [1.807, 2.05) is 30.7 Å². The Balaban J connectivity index is 0.000000400. The van der Waals surface area contributed by atoms with Gasteiger partial charge in [0, 0.05) is 28.2 Å². The number of aromatic nitrogens is 4. The third-order valence-electron chi connectivity index (χ3n) is 8.22. The Morgan fingerprint density at radius 3 is 1.58 bits per heavy atom. The standard InChI is InChI=1S/C15H26N2O3.C15H23NO.C13H22N2S/c1-14(2,3)10-11(15(4,5)6)16-13(20-9-8-18)17-12(10)19-7;1-14(2,3)11-8-7-10(13(16)17)9-12(11)15(4,5)6;1-12(2,3)9-8-14-11(16-7)15-10(9)13(4,5)6/h18H,8-9H2,1-7H3;7-9H,1-6H3,(H2,16,17);8H,1-7H3. The van der Waals surface area contributed by atoms with Crippen LogP contribution < -0.4 is 15.2 Å². The van der Waals surface area contributed by atoms with Gasteiger partial charge in [-0.05, 0) is 56.7 Å². The lowest BCUT2D eigenvalue weighted by molar-refractivity contribution is 0.1000. The van der Waals surface area contributed by atoms with Crippen LogP contribution in [0.25, 0.3) is 0 Å². The number of aliphatic hydroxyl groups is 1. The molecule has 3 rings (SSSR count). The molecule has 0 fully saturated rings. The van der Waals surface area contributed by atoms with E-state index in [1.165, 1.54) is 22.4 Å². The molecule has 0 bridgehead atoms. The highest BCUT2D eigenvalue weighted by Gasteiger charge is 2.32. The van der Waals surface area contributed by atoms with E-state index in [0.717, 1.165) is 16.4 Å². The van der Waals surface area contributed by atoms with Gasteiger partial charge in [0.2, 0.25) is 11.8 Å². The number of thioether (sulfide) groups is 1. The smallest absolute Gasteiger partial charge is 0.320 e. The van der Waals surface area contributed by atoms with Crippen molar-refractivity contribution >= 4 is 17.7 Å². The maximum atomic E-state index is 11.3. The molecule has 9 nitrogen and oxygen atoms in total. The molecule has 53 heavy (non-hydrogen) atoms. The monoisotopic (exact) mass is 754 g/mol. The quantitative estimate of drug-likeness (QED) is 0.186. The summed E-state index contributed by atoms with van der Waals surface area (Å²) in [6, 6.07) is 6.02. The number of methoxy groups -OCH3 is 1. The van der Waals surface area contributed by atoms with Crippen molar-refractivity contribution < 1.29 is 19.4 Å². The zero-order valence-electron chi connectivity index (χ0n) is 36.7. The molecule has 0 unspecified atom stereocenters. The summed E-state index contributed by atoms with van der Waals surface area (Å²) in [4.78, 5) is 29.2. The topological polar surface area (TPSA) is 133 Å². The van der Waals surface area contributed by atoms with Crippen LogP contribution in [0.15, 0.2) is 29.6 Å². The van der Waals surface area contributed by atoms with Crippen LogP contribution in [-0.4, -0.2) is 57.5 Å². The average Bonchev–Trinajstić information content (AvgIpc) is 3.00. The van der Waals surface area contributed by atoms with Gasteiger partial charge in [-0.15, -0.1) is 0 Å². The van der Waals surface area contributed by atoms with Crippen LogP contribution in [0.1, 0.15) is 169 Å². The number of aliphatic hydroxyl groups excluding tert-OH is 1. The number of hydrogen-bond acceptors (Lipinski definition) is 9. The molecule has 1 amide bonds. The maximum Gasteiger partial charge on any atom is 0.320 e. The lowest BCUT2D eigenvalue weighted by Gasteiger charge is -2.30. The number of amides is 1. The van der Waals surface area contributed by atoms with Crippen LogP contribution in [-0.2, 0) is 32.5 Å². The highest BCUT2D eigenvalue weighted by Crippen LogP contribution is 2.39. The van der Waals surface area contributed by atoms with Gasteiger partial charge in [-0.3, -0.25) is 4.79 Å². The van der Waals surface area contributed by atoms with E-state index in [4.69, 9.17) is 20.3 Å². The van der Waals surface area contributed by atoms with Gasteiger partial charge in [-0.1, -0.05) is 142 Å². The molecule has 2 heterocycles. The van der Waals surface area contributed by atoms with Gasteiger partial charge in [-0.25, -0.2) is 9.97 Å². The summed E-state index contributed by atoms with van der Waals surface area (Å²) in [5.41, 5.74) is 12.7. The maximum absolute atomic E-state index is 11.3. The molecule has 0 atom stereocenters. The number of nitrogens with zero attached hydrogens (tertiary/aromatic N) is 4. The molecule has 1 aromatic carbocycles. The molecule has 0 saturated heterocycles. The zero-order valence-corrected chi connectivity index (χ0v) is 37.5. The number of carbonyl (C=O) groups is 1. The minimum absolute atomic E-state index is 0.00801. The Morgan fingerprint density at radius 1 is 0.698 bits per heavy atom. The van der Waals surface area contributed by atoms with Gasteiger partial charge in [0.25, 0.3) is 0 Å². The molecule has 10 heteroatoms. The van der Waals surface area contributed by atoms with Crippen LogP contribution in [0.5, 0.6) is 11.9 Å². The number of primary amides is 1. The summed E-state index contributed by atoms with van der Waals surface area (Å²) in [5.74, 6) is 0.168. The normalized spacial score (nSPS) is 12.6. The molecule has 0 aliphatic carbocycles. The van der Waals surface area contributed by atoms with Crippen molar-refractivity contribution in [1.29, 1.82) is 0 Å². The molecule has 0 radical (unpaired) electrons. The molecule has 0 aliphatic heterocycles. The molecular formula is C43H71N5O4S. The van der Waals surface area contributed by atoms with Gasteiger partial charge < -0.3 is 20.3 Å². The Kier molecular flexibility index (Phi) is 16.2. The fourth-order valence-corrected chi connectivity index (χ4v) is 5.89. The molecule has 0 spiro atoms. The lowest BCUT2D eigenvalue weighted by atomic mass is 9.74. The first-order valence-corrected chi connectivity index (χ1v) is 19.6. The molecular weight excluding hydrogens is 683 g/mol. The van der Waals surface area contributed by atoms with E-state index >= 15 is 0 Å². The second-order valence-corrected chi connectivity index (χ2v) is 20.3. The predicted molar refractivity (Wildman–Crippen MR) is 222 cm³/mol. The minimum atomic E-state index is -0.365. The number of hydrogen-bond donors (Lipinski definition) is 2. The number of carbonyl (C=O) groups excluding carboxylic acids is 1. The first-order valence-electron chi connectivity index (χ1n) is 18.4. The van der Waals surface area contributed by atoms with Crippen LogP contribution in [0.3, 0.4) is 0 Å². The Morgan fingerprint density at radius 2 is 1.21 bits per heavy atom. The molecule has 3 N–H and O–H groups in total. The van der Waals surface area contributed by atoms with Crippen LogP contribution in [0, 0.1) is 0 Å². The van der Waals surface area contributed by atoms with E-state index in [-0.39, 0.29) is 57.6 Å². The van der Waals surface area contributed by atoms with E-state index in [1.54, 1.807) is 18.9 Å². The number of rotatable bonds is 6. The van der Waals surface area contributed by atoms with E-state index in [9.17, 15) is 4.79 Å². The Labute approximate surface area is 326 Å². The summed E-state index contributed by atoms with van der Waals surface area (Å²) in [5, 5.41) is 9.71. The van der Waals surface area contributed by atoms with Gasteiger partial charge in [0.05, 0.1) is 25.1 Å². The van der Waals surface area contributed by atoms with Crippen LogP contribution >= 0.6 is 11.8 Å². The third kappa shape index (κ3) is 14.2. The third-order valence-corrected chi connectivity index (χ3v) is 8.78. The summed E-state index contributed by atoms with van der Waals surface area (Å²) < 4.78 is 10.8. The minimum Gasteiger partial charge on any atom is -0.481 e. The summed E-state index contributed by atoms with van der Waals surface area (Å²) in [6.07, 6.45) is 4.00. The lowest BCUT2D eigenvalue weighted by Crippen LogP contribution is -2.26. The van der Waals surface area contributed by atoms with Crippen molar-refractivity contribution in [2.75, 3.05) is 26.6 Å².